The first kappa shape index (κ1) is 11.1. The van der Waals surface area contributed by atoms with Gasteiger partial charge in [0, 0.05) is 19.7 Å². The van der Waals surface area contributed by atoms with E-state index in [2.05, 4.69) is 4.90 Å². The molecule has 1 aliphatic heterocycles. The van der Waals surface area contributed by atoms with Gasteiger partial charge in [-0.2, -0.15) is 0 Å². The fraction of sp³-hybridized carbons (Fsp3) is 0.500. The van der Waals surface area contributed by atoms with Crippen LogP contribution < -0.4 is 15.4 Å². The Kier molecular flexibility index (Phi) is 3.19. The first-order chi connectivity index (χ1) is 7.72. The summed E-state index contributed by atoms with van der Waals surface area (Å²) in [7, 11) is 3.71. The van der Waals surface area contributed by atoms with E-state index in [9.17, 15) is 0 Å². The van der Waals surface area contributed by atoms with Crippen LogP contribution in [0.4, 0.5) is 11.4 Å². The van der Waals surface area contributed by atoms with Crippen molar-refractivity contribution in [1.29, 1.82) is 0 Å². The van der Waals surface area contributed by atoms with E-state index in [1.807, 2.05) is 25.2 Å². The Labute approximate surface area is 95.9 Å². The Morgan fingerprint density at radius 2 is 2.31 bits per heavy atom. The van der Waals surface area contributed by atoms with Gasteiger partial charge in [-0.3, -0.25) is 0 Å². The van der Waals surface area contributed by atoms with Gasteiger partial charge in [0.2, 0.25) is 0 Å². The second-order valence-corrected chi connectivity index (χ2v) is 4.05. The molecule has 0 saturated carbocycles. The molecule has 0 aliphatic carbocycles. The van der Waals surface area contributed by atoms with Gasteiger partial charge in [-0.1, -0.05) is 0 Å². The molecule has 16 heavy (non-hydrogen) atoms. The largest absolute Gasteiger partial charge is 0.497 e. The minimum atomic E-state index is 0.411. The van der Waals surface area contributed by atoms with Crippen LogP contribution >= 0.6 is 0 Å². The molecule has 1 atom stereocenters. The number of hydrogen-bond donors (Lipinski definition) is 1. The van der Waals surface area contributed by atoms with Gasteiger partial charge >= 0.3 is 0 Å². The van der Waals surface area contributed by atoms with Gasteiger partial charge in [0.15, 0.2) is 0 Å². The molecule has 4 heteroatoms. The number of hydrogen-bond acceptors (Lipinski definition) is 4. The SMILES string of the molecule is COc1ccc(N)c(N(C)C2CCOC2)c1. The summed E-state index contributed by atoms with van der Waals surface area (Å²) in [6.45, 7) is 1.60. The zero-order valence-electron chi connectivity index (χ0n) is 9.77. The van der Waals surface area contributed by atoms with E-state index < -0.39 is 0 Å². The molecule has 88 valence electrons. The predicted octanol–water partition coefficient (Wildman–Crippen LogP) is 1.50. The van der Waals surface area contributed by atoms with Gasteiger partial charge in [0.25, 0.3) is 0 Å². The van der Waals surface area contributed by atoms with Gasteiger partial charge in [-0.25, -0.2) is 0 Å². The monoisotopic (exact) mass is 222 g/mol. The van der Waals surface area contributed by atoms with Gasteiger partial charge in [0.05, 0.1) is 31.1 Å². The number of methoxy groups -OCH3 is 1. The molecule has 0 aromatic heterocycles. The minimum Gasteiger partial charge on any atom is -0.497 e. The molecule has 2 rings (SSSR count). The average Bonchev–Trinajstić information content (AvgIpc) is 2.82. The number of nitrogens with zero attached hydrogens (tertiary/aromatic N) is 1. The van der Waals surface area contributed by atoms with Gasteiger partial charge in [0.1, 0.15) is 5.75 Å². The molecule has 0 amide bonds. The second-order valence-electron chi connectivity index (χ2n) is 4.05. The molecule has 2 N–H and O–H groups in total. The smallest absolute Gasteiger partial charge is 0.121 e. The van der Waals surface area contributed by atoms with Crippen molar-refractivity contribution in [2.75, 3.05) is 38.0 Å². The van der Waals surface area contributed by atoms with E-state index in [-0.39, 0.29) is 0 Å². The highest BCUT2D eigenvalue weighted by Crippen LogP contribution is 2.30. The van der Waals surface area contributed by atoms with Crippen molar-refractivity contribution in [3.05, 3.63) is 18.2 Å². The van der Waals surface area contributed by atoms with Crippen molar-refractivity contribution in [2.45, 2.75) is 12.5 Å². The molecular formula is C12H18N2O2. The lowest BCUT2D eigenvalue weighted by molar-refractivity contribution is 0.193. The second kappa shape index (κ2) is 4.61. The fourth-order valence-electron chi connectivity index (χ4n) is 1.98. The minimum absolute atomic E-state index is 0.411. The van der Waals surface area contributed by atoms with Crippen LogP contribution in [0.2, 0.25) is 0 Å². The highest BCUT2D eigenvalue weighted by Gasteiger charge is 2.22. The van der Waals surface area contributed by atoms with Crippen molar-refractivity contribution in [1.82, 2.24) is 0 Å². The third-order valence-electron chi connectivity index (χ3n) is 3.07. The quantitative estimate of drug-likeness (QED) is 0.787. The topological polar surface area (TPSA) is 47.7 Å². The van der Waals surface area contributed by atoms with Crippen molar-refractivity contribution < 1.29 is 9.47 Å². The van der Waals surface area contributed by atoms with E-state index >= 15 is 0 Å². The van der Waals surface area contributed by atoms with E-state index in [1.165, 1.54) is 0 Å². The molecule has 0 bridgehead atoms. The first-order valence-corrected chi connectivity index (χ1v) is 5.46. The number of rotatable bonds is 3. The van der Waals surface area contributed by atoms with Crippen LogP contribution in [-0.4, -0.2) is 33.4 Å². The summed E-state index contributed by atoms with van der Waals surface area (Å²) in [5.41, 5.74) is 7.76. The summed E-state index contributed by atoms with van der Waals surface area (Å²) in [4.78, 5) is 2.17. The highest BCUT2D eigenvalue weighted by atomic mass is 16.5. The van der Waals surface area contributed by atoms with Crippen molar-refractivity contribution >= 4 is 11.4 Å². The Balaban J connectivity index is 2.23. The summed E-state index contributed by atoms with van der Waals surface area (Å²) in [5, 5.41) is 0. The molecule has 4 nitrogen and oxygen atoms in total. The molecule has 0 radical (unpaired) electrons. The van der Waals surface area contributed by atoms with Crippen LogP contribution in [0.15, 0.2) is 18.2 Å². The molecule has 0 spiro atoms. The van der Waals surface area contributed by atoms with E-state index in [4.69, 9.17) is 15.2 Å². The van der Waals surface area contributed by atoms with E-state index in [1.54, 1.807) is 7.11 Å². The lowest BCUT2D eigenvalue weighted by Crippen LogP contribution is -2.32. The molecular weight excluding hydrogens is 204 g/mol. The number of likely N-dealkylation sites (N-methyl/N-ethyl adjacent to an activating group) is 1. The van der Waals surface area contributed by atoms with Gasteiger partial charge < -0.3 is 20.1 Å². The molecule has 1 aliphatic rings. The predicted molar refractivity (Wildman–Crippen MR) is 65.0 cm³/mol. The van der Waals surface area contributed by atoms with Crippen LogP contribution in [0.5, 0.6) is 5.75 Å². The summed E-state index contributed by atoms with van der Waals surface area (Å²) >= 11 is 0. The normalized spacial score (nSPS) is 19.8. The zero-order valence-corrected chi connectivity index (χ0v) is 9.77. The maximum atomic E-state index is 5.97. The third-order valence-corrected chi connectivity index (χ3v) is 3.07. The maximum absolute atomic E-state index is 5.97. The first-order valence-electron chi connectivity index (χ1n) is 5.46. The number of nitrogen functional groups attached to an aromatic ring is 1. The Bertz CT molecular complexity index is 362. The summed E-state index contributed by atoms with van der Waals surface area (Å²) < 4.78 is 10.6. The van der Waals surface area contributed by atoms with Crippen molar-refractivity contribution in [2.24, 2.45) is 0 Å². The lowest BCUT2D eigenvalue weighted by Gasteiger charge is -2.27. The highest BCUT2D eigenvalue weighted by molar-refractivity contribution is 5.69. The van der Waals surface area contributed by atoms with Crippen molar-refractivity contribution in [3.63, 3.8) is 0 Å². The van der Waals surface area contributed by atoms with Crippen LogP contribution in [0.3, 0.4) is 0 Å². The fourth-order valence-corrected chi connectivity index (χ4v) is 1.98. The molecule has 1 fully saturated rings. The third kappa shape index (κ3) is 2.07. The van der Waals surface area contributed by atoms with Crippen molar-refractivity contribution in [3.8, 4) is 5.75 Å². The average molecular weight is 222 g/mol. The number of nitrogens with two attached hydrogens (primary N) is 1. The zero-order chi connectivity index (χ0) is 11.5. The van der Waals surface area contributed by atoms with Gasteiger partial charge in [-0.15, -0.1) is 0 Å². The molecule has 1 aromatic rings. The van der Waals surface area contributed by atoms with Crippen LogP contribution in [-0.2, 0) is 4.74 Å². The summed E-state index contributed by atoms with van der Waals surface area (Å²) in [6.07, 6.45) is 1.05. The van der Waals surface area contributed by atoms with Crippen LogP contribution in [0.25, 0.3) is 0 Å². The Morgan fingerprint density at radius 3 is 2.94 bits per heavy atom. The summed E-state index contributed by atoms with van der Waals surface area (Å²) in [5.74, 6) is 0.829. The summed E-state index contributed by atoms with van der Waals surface area (Å²) in [6, 6.07) is 6.13. The molecule has 1 aromatic carbocycles. The van der Waals surface area contributed by atoms with Crippen LogP contribution in [0.1, 0.15) is 6.42 Å². The molecule has 1 unspecified atom stereocenters. The van der Waals surface area contributed by atoms with Crippen LogP contribution in [0, 0.1) is 0 Å². The van der Waals surface area contributed by atoms with E-state index in [0.717, 1.165) is 36.8 Å². The van der Waals surface area contributed by atoms with E-state index in [0.29, 0.717) is 6.04 Å². The maximum Gasteiger partial charge on any atom is 0.121 e. The lowest BCUT2D eigenvalue weighted by atomic mass is 10.1. The molecule has 1 heterocycles. The number of benzene rings is 1. The Hall–Kier alpha value is -1.42. The number of ether oxygens (including phenoxy) is 2. The Morgan fingerprint density at radius 1 is 1.50 bits per heavy atom. The standard InChI is InChI=1S/C12H18N2O2/c1-14(9-5-6-16-8-9)12-7-10(15-2)3-4-11(12)13/h3-4,7,9H,5-6,8,13H2,1-2H3. The molecule has 1 saturated heterocycles. The van der Waals surface area contributed by atoms with Gasteiger partial charge in [-0.05, 0) is 18.6 Å². The number of anilines is 2.